The molecule has 0 unspecified atom stereocenters. The van der Waals surface area contributed by atoms with E-state index >= 15 is 0 Å². The van der Waals surface area contributed by atoms with Gasteiger partial charge in [-0.2, -0.15) is 15.4 Å². The van der Waals surface area contributed by atoms with E-state index in [2.05, 4.69) is 32.3 Å². The van der Waals surface area contributed by atoms with E-state index in [1.807, 2.05) is 6.07 Å². The van der Waals surface area contributed by atoms with Crippen molar-refractivity contribution in [3.63, 3.8) is 0 Å². The molecule has 0 bridgehead atoms. The van der Waals surface area contributed by atoms with Gasteiger partial charge in [0.05, 0.1) is 6.20 Å². The Morgan fingerprint density at radius 1 is 1.47 bits per heavy atom. The Hall–Kier alpha value is -1.56. The van der Waals surface area contributed by atoms with Crippen molar-refractivity contribution in [1.29, 1.82) is 0 Å². The molecule has 0 fully saturated rings. The number of hydrogen-bond acceptors (Lipinski definition) is 4. The predicted molar refractivity (Wildman–Crippen MR) is 58.8 cm³/mol. The number of aromatic nitrogens is 5. The summed E-state index contributed by atoms with van der Waals surface area (Å²) >= 11 is 5.09. The van der Waals surface area contributed by atoms with Crippen molar-refractivity contribution in [2.24, 2.45) is 0 Å². The fraction of sp³-hybridized carbons (Fsp3) is 0.333. The second-order valence-corrected chi connectivity index (χ2v) is 3.62. The number of aromatic amines is 2. The van der Waals surface area contributed by atoms with Crippen LogP contribution in [0.4, 0.5) is 0 Å². The van der Waals surface area contributed by atoms with Crippen LogP contribution in [0.3, 0.4) is 0 Å². The first-order valence-electron chi connectivity index (χ1n) is 4.76. The summed E-state index contributed by atoms with van der Waals surface area (Å²) in [6.45, 7) is 2.12. The lowest BCUT2D eigenvalue weighted by Crippen LogP contribution is -1.96. The number of nitrogens with zero attached hydrogens (tertiary/aromatic N) is 3. The Labute approximate surface area is 92.0 Å². The van der Waals surface area contributed by atoms with Crippen LogP contribution in [0.5, 0.6) is 0 Å². The summed E-state index contributed by atoms with van der Waals surface area (Å²) in [5.74, 6) is 0.666. The molecule has 2 rings (SSSR count). The topological polar surface area (TPSA) is 70.2 Å². The monoisotopic (exact) mass is 221 g/mol. The third-order valence-electron chi connectivity index (χ3n) is 1.98. The van der Waals surface area contributed by atoms with E-state index in [0.29, 0.717) is 16.2 Å². The highest BCUT2D eigenvalue weighted by Crippen LogP contribution is 2.10. The van der Waals surface area contributed by atoms with Crippen LogP contribution in [-0.4, -0.2) is 25.4 Å². The highest BCUT2D eigenvalue weighted by atomic mass is 32.1. The van der Waals surface area contributed by atoms with Crippen molar-refractivity contribution in [2.75, 3.05) is 0 Å². The van der Waals surface area contributed by atoms with Gasteiger partial charge in [-0.15, -0.1) is 0 Å². The number of H-pyrrole nitrogens is 2. The summed E-state index contributed by atoms with van der Waals surface area (Å²) in [5, 5.41) is 10.2. The smallest absolute Gasteiger partial charge is 0.161 e. The van der Waals surface area contributed by atoms with Gasteiger partial charge in [-0.3, -0.25) is 0 Å². The Kier molecular flexibility index (Phi) is 2.86. The summed E-state index contributed by atoms with van der Waals surface area (Å²) in [6.07, 6.45) is 3.63. The number of rotatable bonds is 3. The lowest BCUT2D eigenvalue weighted by Gasteiger charge is -2.01. The van der Waals surface area contributed by atoms with E-state index in [0.717, 1.165) is 18.5 Å². The molecular formula is C9H11N5S. The molecule has 0 aromatic carbocycles. The van der Waals surface area contributed by atoms with Gasteiger partial charge in [0, 0.05) is 5.69 Å². The van der Waals surface area contributed by atoms with Gasteiger partial charge in [0.25, 0.3) is 0 Å². The van der Waals surface area contributed by atoms with Crippen molar-refractivity contribution >= 4 is 12.2 Å². The maximum absolute atomic E-state index is 5.09. The summed E-state index contributed by atoms with van der Waals surface area (Å²) in [7, 11) is 0. The predicted octanol–water partition coefficient (Wildman–Crippen LogP) is 1.88. The molecule has 0 aliphatic carbocycles. The fourth-order valence-corrected chi connectivity index (χ4v) is 1.58. The van der Waals surface area contributed by atoms with Crippen molar-refractivity contribution in [3.05, 3.63) is 22.6 Å². The van der Waals surface area contributed by atoms with Crippen LogP contribution in [-0.2, 0) is 6.42 Å². The molecule has 0 atom stereocenters. The van der Waals surface area contributed by atoms with Crippen LogP contribution >= 0.6 is 12.2 Å². The summed E-state index contributed by atoms with van der Waals surface area (Å²) in [5.41, 5.74) is 1.76. The molecule has 0 aliphatic rings. The quantitative estimate of drug-likeness (QED) is 0.776. The van der Waals surface area contributed by atoms with Gasteiger partial charge in [-0.1, -0.05) is 25.6 Å². The first kappa shape index (κ1) is 9.97. The molecular weight excluding hydrogens is 210 g/mol. The average Bonchev–Trinajstić information content (AvgIpc) is 2.70. The van der Waals surface area contributed by atoms with Crippen molar-refractivity contribution in [3.8, 4) is 11.5 Å². The van der Waals surface area contributed by atoms with Gasteiger partial charge >= 0.3 is 0 Å². The number of hydrogen-bond donors (Lipinski definition) is 2. The minimum Gasteiger partial charge on any atom is -0.342 e. The highest BCUT2D eigenvalue weighted by molar-refractivity contribution is 7.71. The van der Waals surface area contributed by atoms with Crippen molar-refractivity contribution < 1.29 is 0 Å². The summed E-state index contributed by atoms with van der Waals surface area (Å²) < 4.78 is 0.579. The lowest BCUT2D eigenvalue weighted by molar-refractivity contribution is 0.870. The molecule has 0 radical (unpaired) electrons. The molecule has 0 saturated heterocycles. The van der Waals surface area contributed by atoms with Gasteiger partial charge in [0.1, 0.15) is 10.3 Å². The lowest BCUT2D eigenvalue weighted by atomic mass is 10.2. The van der Waals surface area contributed by atoms with Gasteiger partial charge in [-0.25, -0.2) is 4.98 Å². The average molecular weight is 221 g/mol. The molecule has 5 nitrogen and oxygen atoms in total. The van der Waals surface area contributed by atoms with Crippen LogP contribution in [0.1, 0.15) is 19.0 Å². The van der Waals surface area contributed by atoms with E-state index in [9.17, 15) is 0 Å². The normalized spacial score (nSPS) is 10.5. The van der Waals surface area contributed by atoms with E-state index in [1.54, 1.807) is 6.20 Å². The van der Waals surface area contributed by atoms with Crippen LogP contribution in [0, 0.1) is 4.64 Å². The van der Waals surface area contributed by atoms with Gasteiger partial charge in [0.15, 0.2) is 5.82 Å². The first-order valence-corrected chi connectivity index (χ1v) is 5.17. The van der Waals surface area contributed by atoms with Gasteiger partial charge in [-0.05, 0) is 12.5 Å². The molecule has 78 valence electrons. The largest absolute Gasteiger partial charge is 0.342 e. The van der Waals surface area contributed by atoms with Gasteiger partial charge < -0.3 is 4.98 Å². The Bertz CT molecular complexity index is 487. The van der Waals surface area contributed by atoms with E-state index in [4.69, 9.17) is 12.2 Å². The summed E-state index contributed by atoms with van der Waals surface area (Å²) in [6, 6.07) is 1.88. The standard InChI is InChI=1S/C9H11N5S/c1-2-3-6-4-8(15)12-9(11-6)7-5-10-14-13-7/h4-5H,2-3H2,1H3,(H,10,13,14)(H,11,12,15). The van der Waals surface area contributed by atoms with Crippen LogP contribution in [0.25, 0.3) is 11.5 Å². The third kappa shape index (κ3) is 2.27. The van der Waals surface area contributed by atoms with Crippen molar-refractivity contribution in [2.45, 2.75) is 19.8 Å². The van der Waals surface area contributed by atoms with E-state index in [-0.39, 0.29) is 0 Å². The zero-order chi connectivity index (χ0) is 10.7. The molecule has 0 amide bonds. The van der Waals surface area contributed by atoms with E-state index in [1.165, 1.54) is 0 Å². The molecule has 15 heavy (non-hydrogen) atoms. The Morgan fingerprint density at radius 3 is 3.00 bits per heavy atom. The molecule has 6 heteroatoms. The third-order valence-corrected chi connectivity index (χ3v) is 2.18. The molecule has 0 spiro atoms. The van der Waals surface area contributed by atoms with Crippen LogP contribution < -0.4 is 0 Å². The van der Waals surface area contributed by atoms with Crippen molar-refractivity contribution in [1.82, 2.24) is 25.4 Å². The first-order chi connectivity index (χ1) is 7.29. The fourth-order valence-electron chi connectivity index (χ4n) is 1.35. The highest BCUT2D eigenvalue weighted by Gasteiger charge is 2.04. The van der Waals surface area contributed by atoms with Gasteiger partial charge in [0.2, 0.25) is 0 Å². The zero-order valence-electron chi connectivity index (χ0n) is 8.32. The maximum Gasteiger partial charge on any atom is 0.161 e. The van der Waals surface area contributed by atoms with E-state index < -0.39 is 0 Å². The maximum atomic E-state index is 5.09. The molecule has 2 aromatic rings. The Morgan fingerprint density at radius 2 is 2.33 bits per heavy atom. The van der Waals surface area contributed by atoms with Crippen LogP contribution in [0.2, 0.25) is 0 Å². The minimum atomic E-state index is 0.579. The second-order valence-electron chi connectivity index (χ2n) is 3.20. The second kappa shape index (κ2) is 4.31. The molecule has 0 saturated carbocycles. The van der Waals surface area contributed by atoms with Crippen LogP contribution in [0.15, 0.2) is 12.3 Å². The SMILES string of the molecule is CCCc1cc(=S)nc(-c2cn[nH]n2)[nH]1. The molecule has 2 N–H and O–H groups in total. The molecule has 2 heterocycles. The number of aryl methyl sites for hydroxylation is 1. The molecule has 0 aliphatic heterocycles. The minimum absolute atomic E-state index is 0.579. The molecule has 2 aromatic heterocycles. The zero-order valence-corrected chi connectivity index (χ0v) is 9.14. The Balaban J connectivity index is 2.44. The summed E-state index contributed by atoms with van der Waals surface area (Å²) in [4.78, 5) is 7.38. The number of nitrogens with one attached hydrogen (secondary N) is 2.